The number of hydrogen-bond donors (Lipinski definition) is 1. The first-order chi connectivity index (χ1) is 5.86. The predicted molar refractivity (Wildman–Crippen MR) is 52.9 cm³/mol. The smallest absolute Gasteiger partial charge is 0.0689 e. The van der Waals surface area contributed by atoms with Crippen LogP contribution in [-0.2, 0) is 0 Å². The molecule has 0 aromatic rings. The Labute approximate surface area is 75.9 Å². The second-order valence-electron chi connectivity index (χ2n) is 3.71. The molecule has 1 aliphatic rings. The molecule has 1 saturated carbocycles. The van der Waals surface area contributed by atoms with Gasteiger partial charge in [0.15, 0.2) is 0 Å². The monoisotopic (exact) mass is 165 g/mol. The minimum Gasteiger partial charge on any atom is -0.304 e. The van der Waals surface area contributed by atoms with E-state index in [0.717, 1.165) is 12.5 Å². The largest absolute Gasteiger partial charge is 0.304 e. The molecule has 1 nitrogen and oxygen atoms in total. The Kier molecular flexibility index (Phi) is 4.18. The molecule has 0 spiro atoms. The van der Waals surface area contributed by atoms with Gasteiger partial charge in [0.05, 0.1) is 6.04 Å². The fourth-order valence-corrected chi connectivity index (χ4v) is 1.59. The Balaban J connectivity index is 2.12. The van der Waals surface area contributed by atoms with E-state index in [1.54, 1.807) is 0 Å². The van der Waals surface area contributed by atoms with Gasteiger partial charge in [-0.1, -0.05) is 32.1 Å². The third-order valence-corrected chi connectivity index (χ3v) is 2.64. The van der Waals surface area contributed by atoms with Gasteiger partial charge in [-0.3, -0.25) is 0 Å². The van der Waals surface area contributed by atoms with Gasteiger partial charge in [-0.25, -0.2) is 0 Å². The van der Waals surface area contributed by atoms with E-state index >= 15 is 0 Å². The van der Waals surface area contributed by atoms with Crippen LogP contribution in [0.2, 0.25) is 0 Å². The van der Waals surface area contributed by atoms with Crippen molar-refractivity contribution in [2.45, 2.75) is 45.1 Å². The van der Waals surface area contributed by atoms with Gasteiger partial charge in [-0.05, 0) is 25.3 Å². The Morgan fingerprint density at radius 2 is 2.33 bits per heavy atom. The molecule has 0 heterocycles. The summed E-state index contributed by atoms with van der Waals surface area (Å²) in [7, 11) is 0. The van der Waals surface area contributed by atoms with Crippen LogP contribution < -0.4 is 5.32 Å². The summed E-state index contributed by atoms with van der Waals surface area (Å²) in [6.07, 6.45) is 12.0. The van der Waals surface area contributed by atoms with Crippen molar-refractivity contribution in [1.29, 1.82) is 0 Å². The zero-order chi connectivity index (χ0) is 8.81. The first-order valence-electron chi connectivity index (χ1n) is 5.06. The minimum atomic E-state index is 0.329. The third-order valence-electron chi connectivity index (χ3n) is 2.64. The van der Waals surface area contributed by atoms with Crippen LogP contribution >= 0.6 is 0 Å². The van der Waals surface area contributed by atoms with Gasteiger partial charge >= 0.3 is 0 Å². The van der Waals surface area contributed by atoms with Crippen LogP contribution in [0.1, 0.15) is 39.0 Å². The molecule has 0 saturated heterocycles. The Bertz CT molecular complexity index is 153. The van der Waals surface area contributed by atoms with Crippen molar-refractivity contribution in [2.75, 3.05) is 6.54 Å². The lowest BCUT2D eigenvalue weighted by atomic mass is 9.81. The molecule has 0 bridgehead atoms. The Morgan fingerprint density at radius 1 is 1.58 bits per heavy atom. The van der Waals surface area contributed by atoms with Crippen LogP contribution in [0.15, 0.2) is 0 Å². The lowest BCUT2D eigenvalue weighted by Gasteiger charge is -2.28. The maximum Gasteiger partial charge on any atom is 0.0689 e. The van der Waals surface area contributed by atoms with Crippen molar-refractivity contribution in [3.05, 3.63) is 0 Å². The second-order valence-corrected chi connectivity index (χ2v) is 3.71. The molecular weight excluding hydrogens is 146 g/mol. The van der Waals surface area contributed by atoms with E-state index in [1.165, 1.54) is 32.1 Å². The average Bonchev–Trinajstić information content (AvgIpc) is 2.02. The van der Waals surface area contributed by atoms with E-state index in [2.05, 4.69) is 18.2 Å². The number of nitrogens with one attached hydrogen (secondary N) is 1. The Hall–Kier alpha value is -0.480. The summed E-state index contributed by atoms with van der Waals surface area (Å²) in [4.78, 5) is 0. The molecule has 0 aromatic heterocycles. The van der Waals surface area contributed by atoms with E-state index in [0.29, 0.717) is 6.04 Å². The fourth-order valence-electron chi connectivity index (χ4n) is 1.59. The third kappa shape index (κ3) is 2.87. The molecule has 1 heteroatoms. The SMILES string of the molecule is C#CC(CC1CCC1)NCCC. The van der Waals surface area contributed by atoms with E-state index < -0.39 is 0 Å². The van der Waals surface area contributed by atoms with Gasteiger partial charge in [0, 0.05) is 0 Å². The summed E-state index contributed by atoms with van der Waals surface area (Å²) in [5.41, 5.74) is 0. The van der Waals surface area contributed by atoms with Gasteiger partial charge < -0.3 is 5.32 Å². The van der Waals surface area contributed by atoms with Gasteiger partial charge in [0.25, 0.3) is 0 Å². The molecule has 0 radical (unpaired) electrons. The molecule has 68 valence electrons. The first-order valence-corrected chi connectivity index (χ1v) is 5.06. The van der Waals surface area contributed by atoms with E-state index in [9.17, 15) is 0 Å². The van der Waals surface area contributed by atoms with Crippen LogP contribution in [0.4, 0.5) is 0 Å². The van der Waals surface area contributed by atoms with Crippen molar-refractivity contribution in [3.63, 3.8) is 0 Å². The van der Waals surface area contributed by atoms with Crippen LogP contribution in [0, 0.1) is 18.3 Å². The summed E-state index contributed by atoms with van der Waals surface area (Å²) in [5.74, 6) is 3.74. The second kappa shape index (κ2) is 5.22. The van der Waals surface area contributed by atoms with Crippen molar-refractivity contribution in [3.8, 4) is 12.3 Å². The normalized spacial score (nSPS) is 19.7. The zero-order valence-corrected chi connectivity index (χ0v) is 7.97. The number of terminal acetylenes is 1. The van der Waals surface area contributed by atoms with Gasteiger partial charge in [0.2, 0.25) is 0 Å². The van der Waals surface area contributed by atoms with Crippen LogP contribution in [-0.4, -0.2) is 12.6 Å². The van der Waals surface area contributed by atoms with E-state index in [4.69, 9.17) is 6.42 Å². The lowest BCUT2D eigenvalue weighted by Crippen LogP contribution is -2.32. The van der Waals surface area contributed by atoms with Crippen molar-refractivity contribution < 1.29 is 0 Å². The summed E-state index contributed by atoms with van der Waals surface area (Å²) in [5, 5.41) is 3.38. The summed E-state index contributed by atoms with van der Waals surface area (Å²) < 4.78 is 0. The highest BCUT2D eigenvalue weighted by Gasteiger charge is 2.20. The average molecular weight is 165 g/mol. The number of hydrogen-bond acceptors (Lipinski definition) is 1. The van der Waals surface area contributed by atoms with Crippen molar-refractivity contribution in [1.82, 2.24) is 5.32 Å². The van der Waals surface area contributed by atoms with Crippen molar-refractivity contribution in [2.24, 2.45) is 5.92 Å². The minimum absolute atomic E-state index is 0.329. The predicted octanol–water partition coefficient (Wildman–Crippen LogP) is 2.18. The molecule has 1 rings (SSSR count). The van der Waals surface area contributed by atoms with Gasteiger partial charge in [-0.2, -0.15) is 0 Å². The van der Waals surface area contributed by atoms with Crippen LogP contribution in [0.3, 0.4) is 0 Å². The Morgan fingerprint density at radius 3 is 2.75 bits per heavy atom. The van der Waals surface area contributed by atoms with Crippen LogP contribution in [0.25, 0.3) is 0 Å². The lowest BCUT2D eigenvalue weighted by molar-refractivity contribution is 0.277. The number of rotatable bonds is 5. The van der Waals surface area contributed by atoms with Gasteiger partial charge in [0.1, 0.15) is 0 Å². The zero-order valence-electron chi connectivity index (χ0n) is 7.97. The summed E-state index contributed by atoms with van der Waals surface area (Å²) in [6, 6.07) is 0.329. The highest BCUT2D eigenvalue weighted by molar-refractivity contribution is 5.00. The topological polar surface area (TPSA) is 12.0 Å². The molecule has 12 heavy (non-hydrogen) atoms. The maximum atomic E-state index is 5.43. The fraction of sp³-hybridized carbons (Fsp3) is 0.818. The van der Waals surface area contributed by atoms with E-state index in [1.807, 2.05) is 0 Å². The molecule has 0 aromatic carbocycles. The molecular formula is C11H19N. The highest BCUT2D eigenvalue weighted by Crippen LogP contribution is 2.30. The quantitative estimate of drug-likeness (QED) is 0.616. The molecule has 1 N–H and O–H groups in total. The molecule has 0 amide bonds. The van der Waals surface area contributed by atoms with E-state index in [-0.39, 0.29) is 0 Å². The van der Waals surface area contributed by atoms with Gasteiger partial charge in [-0.15, -0.1) is 6.42 Å². The standard InChI is InChI=1S/C11H19N/c1-3-8-12-11(4-2)9-10-6-5-7-10/h2,10-12H,3,5-9H2,1H3. The summed E-state index contributed by atoms with van der Waals surface area (Å²) in [6.45, 7) is 3.23. The molecule has 1 unspecified atom stereocenters. The van der Waals surface area contributed by atoms with Crippen molar-refractivity contribution >= 4 is 0 Å². The highest BCUT2D eigenvalue weighted by atomic mass is 14.9. The molecule has 0 aliphatic heterocycles. The molecule has 1 fully saturated rings. The van der Waals surface area contributed by atoms with Crippen LogP contribution in [0.5, 0.6) is 0 Å². The summed E-state index contributed by atoms with van der Waals surface area (Å²) >= 11 is 0. The molecule has 1 atom stereocenters. The molecule has 1 aliphatic carbocycles. The maximum absolute atomic E-state index is 5.43. The first kappa shape index (κ1) is 9.61.